The average molecular weight is 321 g/mol. The summed E-state index contributed by atoms with van der Waals surface area (Å²) >= 11 is 0. The Balaban J connectivity index is 2.41. The number of aromatic nitrogens is 2. The Bertz CT molecular complexity index is 743. The zero-order valence-corrected chi connectivity index (χ0v) is 12.7. The molecule has 1 amide bonds. The van der Waals surface area contributed by atoms with Crippen molar-refractivity contribution in [2.24, 2.45) is 0 Å². The van der Waals surface area contributed by atoms with Crippen molar-refractivity contribution < 1.29 is 18.7 Å². The lowest BCUT2D eigenvalue weighted by Gasteiger charge is -2.11. The van der Waals surface area contributed by atoms with Crippen LogP contribution in [0.5, 0.6) is 5.75 Å². The number of benzene rings is 1. The van der Waals surface area contributed by atoms with Crippen LogP contribution in [0.25, 0.3) is 5.69 Å². The summed E-state index contributed by atoms with van der Waals surface area (Å²) in [7, 11) is 2.85. The van der Waals surface area contributed by atoms with Crippen molar-refractivity contribution >= 4 is 5.91 Å². The molecule has 23 heavy (non-hydrogen) atoms. The van der Waals surface area contributed by atoms with Gasteiger partial charge in [0, 0.05) is 13.7 Å². The second-order valence-electron chi connectivity index (χ2n) is 4.54. The van der Waals surface area contributed by atoms with Crippen LogP contribution >= 0.6 is 0 Å². The standard InChI is InChI=1S/C15H16FN3O4/c1-22-8-7-17-15(21)14-12(23-2)9-13(20)19(18-14)11-5-3-10(16)4-6-11/h3-6,9H,7-8H2,1-2H3,(H,17,21). The minimum Gasteiger partial charge on any atom is -0.494 e. The van der Waals surface area contributed by atoms with Crippen LogP contribution in [0.3, 0.4) is 0 Å². The molecule has 2 aromatic rings. The number of methoxy groups -OCH3 is 2. The molecule has 0 spiro atoms. The molecule has 7 nitrogen and oxygen atoms in total. The van der Waals surface area contributed by atoms with Crippen molar-refractivity contribution in [2.45, 2.75) is 0 Å². The first-order chi connectivity index (χ1) is 11.1. The van der Waals surface area contributed by atoms with Crippen LogP contribution in [0.1, 0.15) is 10.5 Å². The van der Waals surface area contributed by atoms with Gasteiger partial charge in [0.05, 0.1) is 25.5 Å². The van der Waals surface area contributed by atoms with Crippen molar-refractivity contribution in [1.29, 1.82) is 0 Å². The number of hydrogen-bond acceptors (Lipinski definition) is 5. The quantitative estimate of drug-likeness (QED) is 0.794. The number of hydrogen-bond donors (Lipinski definition) is 1. The number of carbonyl (C=O) groups excluding carboxylic acids is 1. The van der Waals surface area contributed by atoms with Crippen LogP contribution in [0, 0.1) is 5.82 Å². The summed E-state index contributed by atoms with van der Waals surface area (Å²) in [5.41, 5.74) is -0.209. The van der Waals surface area contributed by atoms with E-state index in [1.54, 1.807) is 0 Å². The molecule has 2 rings (SSSR count). The van der Waals surface area contributed by atoms with E-state index in [0.29, 0.717) is 12.3 Å². The Morgan fingerprint density at radius 2 is 2.00 bits per heavy atom. The van der Waals surface area contributed by atoms with Gasteiger partial charge < -0.3 is 14.8 Å². The maximum absolute atomic E-state index is 13.0. The zero-order valence-electron chi connectivity index (χ0n) is 12.7. The lowest BCUT2D eigenvalue weighted by atomic mass is 10.3. The summed E-state index contributed by atoms with van der Waals surface area (Å²) in [6.07, 6.45) is 0. The summed E-state index contributed by atoms with van der Waals surface area (Å²) < 4.78 is 23.9. The largest absolute Gasteiger partial charge is 0.494 e. The van der Waals surface area contributed by atoms with Crippen LogP contribution < -0.4 is 15.6 Å². The monoisotopic (exact) mass is 321 g/mol. The molecule has 0 saturated carbocycles. The van der Waals surface area contributed by atoms with Crippen molar-refractivity contribution in [2.75, 3.05) is 27.4 Å². The van der Waals surface area contributed by atoms with Crippen molar-refractivity contribution in [3.63, 3.8) is 0 Å². The molecule has 0 atom stereocenters. The van der Waals surface area contributed by atoms with Gasteiger partial charge >= 0.3 is 0 Å². The molecular weight excluding hydrogens is 305 g/mol. The average Bonchev–Trinajstić information content (AvgIpc) is 2.55. The molecule has 1 N–H and O–H groups in total. The molecule has 122 valence electrons. The smallest absolute Gasteiger partial charge is 0.275 e. The Labute approximate surface area is 131 Å². The zero-order chi connectivity index (χ0) is 16.8. The second kappa shape index (κ2) is 7.50. The van der Waals surface area contributed by atoms with Gasteiger partial charge in [-0.15, -0.1) is 0 Å². The summed E-state index contributed by atoms with van der Waals surface area (Å²) in [4.78, 5) is 24.3. The van der Waals surface area contributed by atoms with E-state index in [2.05, 4.69) is 10.4 Å². The second-order valence-corrected chi connectivity index (χ2v) is 4.54. The predicted molar refractivity (Wildman–Crippen MR) is 80.6 cm³/mol. The SMILES string of the molecule is COCCNC(=O)c1nn(-c2ccc(F)cc2)c(=O)cc1OC. The Hall–Kier alpha value is -2.74. The van der Waals surface area contributed by atoms with Crippen LogP contribution in [0.4, 0.5) is 4.39 Å². The molecule has 1 aromatic heterocycles. The van der Waals surface area contributed by atoms with E-state index in [0.717, 1.165) is 10.7 Å². The Morgan fingerprint density at radius 1 is 1.30 bits per heavy atom. The Morgan fingerprint density at radius 3 is 2.61 bits per heavy atom. The van der Waals surface area contributed by atoms with Gasteiger partial charge in [0.15, 0.2) is 11.4 Å². The van der Waals surface area contributed by atoms with E-state index < -0.39 is 17.3 Å². The minimum absolute atomic E-state index is 0.0486. The van der Waals surface area contributed by atoms with Gasteiger partial charge in [-0.05, 0) is 24.3 Å². The van der Waals surface area contributed by atoms with Crippen molar-refractivity contribution in [1.82, 2.24) is 15.1 Å². The molecule has 0 unspecified atom stereocenters. The van der Waals surface area contributed by atoms with Crippen molar-refractivity contribution in [3.8, 4) is 11.4 Å². The first-order valence-electron chi connectivity index (χ1n) is 6.78. The van der Waals surface area contributed by atoms with Crippen LogP contribution in [0.15, 0.2) is 35.1 Å². The number of nitrogens with one attached hydrogen (secondary N) is 1. The number of ether oxygens (including phenoxy) is 2. The number of carbonyl (C=O) groups is 1. The molecule has 0 radical (unpaired) electrons. The first-order valence-corrected chi connectivity index (χ1v) is 6.78. The number of rotatable bonds is 6. The van der Waals surface area contributed by atoms with Crippen LogP contribution in [0.2, 0.25) is 0 Å². The summed E-state index contributed by atoms with van der Waals surface area (Å²) in [5.74, 6) is -0.883. The molecule has 0 bridgehead atoms. The lowest BCUT2D eigenvalue weighted by Crippen LogP contribution is -2.31. The topological polar surface area (TPSA) is 82.5 Å². The highest BCUT2D eigenvalue weighted by Crippen LogP contribution is 2.14. The highest BCUT2D eigenvalue weighted by Gasteiger charge is 2.17. The third-order valence-corrected chi connectivity index (χ3v) is 2.99. The van der Waals surface area contributed by atoms with Crippen LogP contribution in [-0.4, -0.2) is 43.1 Å². The summed E-state index contributed by atoms with van der Waals surface area (Å²) in [6, 6.07) is 6.34. The van der Waals surface area contributed by atoms with E-state index in [-0.39, 0.29) is 18.0 Å². The van der Waals surface area contributed by atoms with E-state index in [1.807, 2.05) is 0 Å². The van der Waals surface area contributed by atoms with Crippen molar-refractivity contribution in [3.05, 3.63) is 52.2 Å². The highest BCUT2D eigenvalue weighted by atomic mass is 19.1. The van der Waals surface area contributed by atoms with Gasteiger partial charge in [0.25, 0.3) is 11.5 Å². The van der Waals surface area contributed by atoms with E-state index in [4.69, 9.17) is 9.47 Å². The van der Waals surface area contributed by atoms with Gasteiger partial charge in [0.2, 0.25) is 0 Å². The normalized spacial score (nSPS) is 10.4. The molecule has 0 fully saturated rings. The van der Waals surface area contributed by atoms with E-state index in [9.17, 15) is 14.0 Å². The highest BCUT2D eigenvalue weighted by molar-refractivity contribution is 5.94. The maximum atomic E-state index is 13.0. The minimum atomic E-state index is -0.505. The van der Waals surface area contributed by atoms with Gasteiger partial charge in [0.1, 0.15) is 5.82 Å². The van der Waals surface area contributed by atoms with E-state index in [1.165, 1.54) is 38.5 Å². The molecule has 8 heteroatoms. The first kappa shape index (κ1) is 16.6. The van der Waals surface area contributed by atoms with Crippen LogP contribution in [-0.2, 0) is 4.74 Å². The number of amides is 1. The Kier molecular flexibility index (Phi) is 5.42. The molecule has 1 aromatic carbocycles. The number of halogens is 1. The predicted octanol–water partition coefficient (Wildman–Crippen LogP) is 0.756. The number of nitrogens with zero attached hydrogens (tertiary/aromatic N) is 2. The molecule has 0 aliphatic carbocycles. The fraction of sp³-hybridized carbons (Fsp3) is 0.267. The fourth-order valence-corrected chi connectivity index (χ4v) is 1.87. The van der Waals surface area contributed by atoms with Gasteiger partial charge in [-0.2, -0.15) is 9.78 Å². The molecule has 0 saturated heterocycles. The summed E-state index contributed by atoms with van der Waals surface area (Å²) in [6.45, 7) is 0.626. The third-order valence-electron chi connectivity index (χ3n) is 2.99. The molecule has 0 aliphatic rings. The third kappa shape index (κ3) is 3.92. The lowest BCUT2D eigenvalue weighted by molar-refractivity contribution is 0.0926. The molecular formula is C15H16FN3O4. The van der Waals surface area contributed by atoms with Gasteiger partial charge in [-0.25, -0.2) is 4.39 Å². The summed E-state index contributed by atoms with van der Waals surface area (Å²) in [5, 5.41) is 6.63. The van der Waals surface area contributed by atoms with E-state index >= 15 is 0 Å². The molecule has 0 aliphatic heterocycles. The molecule has 1 heterocycles. The van der Waals surface area contributed by atoms with Gasteiger partial charge in [-0.3, -0.25) is 9.59 Å². The van der Waals surface area contributed by atoms with Gasteiger partial charge in [-0.1, -0.05) is 0 Å². The maximum Gasteiger partial charge on any atom is 0.275 e. The fourth-order valence-electron chi connectivity index (χ4n) is 1.87.